The zero-order valence-electron chi connectivity index (χ0n) is 13.2. The van der Waals surface area contributed by atoms with Crippen LogP contribution in [-0.2, 0) is 0 Å². The third-order valence-corrected chi connectivity index (χ3v) is 5.95. The predicted octanol–water partition coefficient (Wildman–Crippen LogP) is 5.77. The summed E-state index contributed by atoms with van der Waals surface area (Å²) < 4.78 is 0. The molecule has 2 atom stereocenters. The molecule has 0 amide bonds. The van der Waals surface area contributed by atoms with E-state index in [1.54, 1.807) is 0 Å². The Labute approximate surface area is 110 Å². The maximum Gasteiger partial charge on any atom is -0.0303 e. The molecule has 0 aromatic rings. The number of hydrogen-bond acceptors (Lipinski definition) is 0. The molecule has 0 radical (unpaired) electrons. The van der Waals surface area contributed by atoms with E-state index in [0.717, 1.165) is 29.6 Å². The van der Waals surface area contributed by atoms with Crippen molar-refractivity contribution < 1.29 is 0 Å². The van der Waals surface area contributed by atoms with Crippen LogP contribution in [0.4, 0.5) is 0 Å². The van der Waals surface area contributed by atoms with Crippen molar-refractivity contribution in [3.05, 3.63) is 0 Å². The van der Waals surface area contributed by atoms with Gasteiger partial charge in [-0.3, -0.25) is 0 Å². The average molecular weight is 238 g/mol. The van der Waals surface area contributed by atoms with Gasteiger partial charge in [-0.2, -0.15) is 0 Å². The molecule has 0 aromatic carbocycles. The van der Waals surface area contributed by atoms with Gasteiger partial charge in [-0.05, 0) is 54.3 Å². The maximum atomic E-state index is 2.50. The molecule has 0 aliphatic heterocycles. The zero-order chi connectivity index (χ0) is 13.2. The average Bonchev–Trinajstić information content (AvgIpc) is 2.13. The molecule has 0 aromatic heterocycles. The van der Waals surface area contributed by atoms with Gasteiger partial charge in [0, 0.05) is 0 Å². The fraction of sp³-hybridized carbons (Fsp3) is 1.00. The van der Waals surface area contributed by atoms with Crippen LogP contribution in [0.25, 0.3) is 0 Å². The summed E-state index contributed by atoms with van der Waals surface area (Å²) in [7, 11) is 0. The standard InChI is InChI=1S/C17H34/c1-8-17(7,13(4)5)11-14(6)16-9-15(10-16)12(2)3/h12-16H,8-11H2,1-7H3. The first-order chi connectivity index (χ1) is 7.80. The van der Waals surface area contributed by atoms with Crippen molar-refractivity contribution in [3.8, 4) is 0 Å². The van der Waals surface area contributed by atoms with E-state index in [9.17, 15) is 0 Å². The fourth-order valence-corrected chi connectivity index (χ4v) is 3.41. The molecule has 102 valence electrons. The first-order valence-electron chi connectivity index (χ1n) is 7.80. The molecule has 1 saturated carbocycles. The third kappa shape index (κ3) is 3.48. The molecule has 1 rings (SSSR count). The van der Waals surface area contributed by atoms with Crippen LogP contribution in [-0.4, -0.2) is 0 Å². The van der Waals surface area contributed by atoms with Crippen molar-refractivity contribution >= 4 is 0 Å². The first-order valence-corrected chi connectivity index (χ1v) is 7.80. The van der Waals surface area contributed by atoms with Crippen LogP contribution in [0.3, 0.4) is 0 Å². The Balaban J connectivity index is 2.43. The molecule has 1 aliphatic carbocycles. The van der Waals surface area contributed by atoms with E-state index in [1.165, 1.54) is 25.7 Å². The highest BCUT2D eigenvalue weighted by molar-refractivity contribution is 4.88. The summed E-state index contributed by atoms with van der Waals surface area (Å²) in [5, 5.41) is 0. The summed E-state index contributed by atoms with van der Waals surface area (Å²) in [6.07, 6.45) is 5.75. The van der Waals surface area contributed by atoms with E-state index in [4.69, 9.17) is 0 Å². The minimum absolute atomic E-state index is 0.558. The summed E-state index contributed by atoms with van der Waals surface area (Å²) >= 11 is 0. The Morgan fingerprint density at radius 1 is 1.00 bits per heavy atom. The van der Waals surface area contributed by atoms with Crippen molar-refractivity contribution in [2.24, 2.45) is 35.0 Å². The van der Waals surface area contributed by atoms with Gasteiger partial charge in [0.1, 0.15) is 0 Å². The van der Waals surface area contributed by atoms with Crippen LogP contribution < -0.4 is 0 Å². The van der Waals surface area contributed by atoms with Gasteiger partial charge in [0.05, 0.1) is 0 Å². The highest BCUT2D eigenvalue weighted by atomic mass is 14.4. The Hall–Kier alpha value is 0. The number of rotatable bonds is 6. The fourth-order valence-electron chi connectivity index (χ4n) is 3.41. The van der Waals surface area contributed by atoms with Crippen LogP contribution in [0.5, 0.6) is 0 Å². The molecule has 0 saturated heterocycles. The van der Waals surface area contributed by atoms with Crippen molar-refractivity contribution in [1.29, 1.82) is 0 Å². The third-order valence-electron chi connectivity index (χ3n) is 5.95. The summed E-state index contributed by atoms with van der Waals surface area (Å²) in [5.74, 6) is 4.69. The van der Waals surface area contributed by atoms with Gasteiger partial charge in [0.25, 0.3) is 0 Å². The van der Waals surface area contributed by atoms with Crippen LogP contribution >= 0.6 is 0 Å². The molecule has 17 heavy (non-hydrogen) atoms. The lowest BCUT2D eigenvalue weighted by molar-refractivity contribution is 0.0536. The van der Waals surface area contributed by atoms with Crippen molar-refractivity contribution in [3.63, 3.8) is 0 Å². The molecule has 0 heterocycles. The van der Waals surface area contributed by atoms with Crippen LogP contribution in [0.1, 0.15) is 74.1 Å². The lowest BCUT2D eigenvalue weighted by Gasteiger charge is -2.45. The van der Waals surface area contributed by atoms with Gasteiger partial charge in [-0.1, -0.05) is 54.9 Å². The van der Waals surface area contributed by atoms with Gasteiger partial charge in [0.2, 0.25) is 0 Å². The quantitative estimate of drug-likeness (QED) is 0.551. The summed E-state index contributed by atoms with van der Waals surface area (Å²) in [6.45, 7) is 16.9. The van der Waals surface area contributed by atoms with Gasteiger partial charge in [-0.25, -0.2) is 0 Å². The molecule has 2 unspecified atom stereocenters. The second-order valence-electron chi connectivity index (χ2n) is 7.58. The molecular weight excluding hydrogens is 204 g/mol. The largest absolute Gasteiger partial charge is 0.0649 e. The molecular formula is C17H34. The number of hydrogen-bond donors (Lipinski definition) is 0. The molecule has 1 fully saturated rings. The van der Waals surface area contributed by atoms with E-state index in [-0.39, 0.29) is 0 Å². The molecule has 1 aliphatic rings. The lowest BCUT2D eigenvalue weighted by atomic mass is 9.61. The maximum absolute atomic E-state index is 2.50. The highest BCUT2D eigenvalue weighted by Gasteiger charge is 2.37. The predicted molar refractivity (Wildman–Crippen MR) is 78.1 cm³/mol. The van der Waals surface area contributed by atoms with Crippen molar-refractivity contribution in [2.45, 2.75) is 74.1 Å². The highest BCUT2D eigenvalue weighted by Crippen LogP contribution is 2.47. The van der Waals surface area contributed by atoms with E-state index < -0.39 is 0 Å². The molecule has 0 bridgehead atoms. The molecule has 0 N–H and O–H groups in total. The van der Waals surface area contributed by atoms with E-state index >= 15 is 0 Å². The lowest BCUT2D eigenvalue weighted by Crippen LogP contribution is -2.35. The topological polar surface area (TPSA) is 0 Å². The SMILES string of the molecule is CCC(C)(CC(C)C1CC(C(C)C)C1)C(C)C. The summed E-state index contributed by atoms with van der Waals surface area (Å²) in [4.78, 5) is 0. The first kappa shape index (κ1) is 15.1. The van der Waals surface area contributed by atoms with E-state index in [2.05, 4.69) is 48.5 Å². The monoisotopic (exact) mass is 238 g/mol. The van der Waals surface area contributed by atoms with Gasteiger partial charge in [-0.15, -0.1) is 0 Å². The Morgan fingerprint density at radius 3 is 1.88 bits per heavy atom. The summed E-state index contributed by atoms with van der Waals surface area (Å²) in [6, 6.07) is 0. The van der Waals surface area contributed by atoms with Gasteiger partial charge in [0.15, 0.2) is 0 Å². The Kier molecular flexibility index (Phi) is 5.10. The smallest absolute Gasteiger partial charge is 0.0303 e. The Bertz CT molecular complexity index is 222. The summed E-state index contributed by atoms with van der Waals surface area (Å²) in [5.41, 5.74) is 0.558. The van der Waals surface area contributed by atoms with Crippen LogP contribution in [0, 0.1) is 35.0 Å². The minimum atomic E-state index is 0.558. The molecule has 0 heteroatoms. The van der Waals surface area contributed by atoms with Gasteiger partial charge < -0.3 is 0 Å². The van der Waals surface area contributed by atoms with Gasteiger partial charge >= 0.3 is 0 Å². The molecule has 0 spiro atoms. The second-order valence-corrected chi connectivity index (χ2v) is 7.58. The van der Waals surface area contributed by atoms with E-state index in [0.29, 0.717) is 5.41 Å². The minimum Gasteiger partial charge on any atom is -0.0649 e. The van der Waals surface area contributed by atoms with Crippen molar-refractivity contribution in [1.82, 2.24) is 0 Å². The van der Waals surface area contributed by atoms with Crippen LogP contribution in [0.2, 0.25) is 0 Å². The Morgan fingerprint density at radius 2 is 1.53 bits per heavy atom. The zero-order valence-corrected chi connectivity index (χ0v) is 13.2. The van der Waals surface area contributed by atoms with E-state index in [1.807, 2.05) is 0 Å². The normalized spacial score (nSPS) is 30.2. The second kappa shape index (κ2) is 5.76. The van der Waals surface area contributed by atoms with Crippen molar-refractivity contribution in [2.75, 3.05) is 0 Å². The molecule has 0 nitrogen and oxygen atoms in total. The van der Waals surface area contributed by atoms with Crippen LogP contribution in [0.15, 0.2) is 0 Å².